The van der Waals surface area contributed by atoms with Gasteiger partial charge in [0.2, 0.25) is 0 Å². The van der Waals surface area contributed by atoms with Crippen LogP contribution in [0.15, 0.2) is 11.6 Å². The van der Waals surface area contributed by atoms with Crippen LogP contribution in [0.5, 0.6) is 0 Å². The van der Waals surface area contributed by atoms with Gasteiger partial charge in [-0.25, -0.2) is 0 Å². The van der Waals surface area contributed by atoms with Gasteiger partial charge in [-0.1, -0.05) is 11.6 Å². The van der Waals surface area contributed by atoms with Gasteiger partial charge in [-0.3, -0.25) is 4.79 Å². The van der Waals surface area contributed by atoms with Crippen LogP contribution in [-0.4, -0.2) is 22.1 Å². The standard InChI is InChI=1S/C12H20O2S/c1-6-14-10(13)12(5)8-9(2)7-11(3,4)15-12/h7H,6,8H2,1-5H3. The fourth-order valence-electron chi connectivity index (χ4n) is 2.22. The molecule has 1 aliphatic heterocycles. The van der Waals surface area contributed by atoms with Crippen LogP contribution in [0.4, 0.5) is 0 Å². The molecule has 86 valence electrons. The highest BCUT2D eigenvalue weighted by atomic mass is 32.2. The molecule has 0 aromatic carbocycles. The molecule has 0 aromatic rings. The minimum Gasteiger partial charge on any atom is -0.465 e. The Balaban J connectivity index is 2.88. The van der Waals surface area contributed by atoms with E-state index in [-0.39, 0.29) is 10.7 Å². The summed E-state index contributed by atoms with van der Waals surface area (Å²) in [5, 5.41) is 0. The molecule has 0 saturated heterocycles. The van der Waals surface area contributed by atoms with Gasteiger partial charge in [-0.05, 0) is 41.0 Å². The second-order valence-corrected chi connectivity index (χ2v) is 6.98. The number of rotatable bonds is 2. The predicted octanol–water partition coefficient (Wildman–Crippen LogP) is 3.17. The number of ether oxygens (including phenoxy) is 1. The summed E-state index contributed by atoms with van der Waals surface area (Å²) in [7, 11) is 0. The van der Waals surface area contributed by atoms with E-state index in [4.69, 9.17) is 4.74 Å². The van der Waals surface area contributed by atoms with Crippen molar-refractivity contribution in [2.24, 2.45) is 0 Å². The highest BCUT2D eigenvalue weighted by Crippen LogP contribution is 2.46. The molecule has 1 atom stereocenters. The lowest BCUT2D eigenvalue weighted by atomic mass is 9.97. The lowest BCUT2D eigenvalue weighted by Gasteiger charge is -2.38. The Morgan fingerprint density at radius 2 is 2.13 bits per heavy atom. The number of carbonyl (C=O) groups is 1. The van der Waals surface area contributed by atoms with E-state index in [1.165, 1.54) is 5.57 Å². The monoisotopic (exact) mass is 228 g/mol. The number of esters is 1. The first-order valence-electron chi connectivity index (χ1n) is 5.35. The van der Waals surface area contributed by atoms with Gasteiger partial charge in [-0.15, -0.1) is 11.8 Å². The first kappa shape index (κ1) is 12.6. The summed E-state index contributed by atoms with van der Waals surface area (Å²) >= 11 is 1.69. The molecule has 0 fully saturated rings. The average Bonchev–Trinajstić information content (AvgIpc) is 1.99. The summed E-state index contributed by atoms with van der Waals surface area (Å²) in [5.74, 6) is -0.0875. The molecule has 0 radical (unpaired) electrons. The van der Waals surface area contributed by atoms with Gasteiger partial charge >= 0.3 is 5.97 Å². The van der Waals surface area contributed by atoms with Gasteiger partial charge in [0.15, 0.2) is 0 Å². The third kappa shape index (κ3) is 3.00. The molecule has 0 aromatic heterocycles. The largest absolute Gasteiger partial charge is 0.465 e. The van der Waals surface area contributed by atoms with E-state index < -0.39 is 4.75 Å². The van der Waals surface area contributed by atoms with E-state index in [0.717, 1.165) is 6.42 Å². The van der Waals surface area contributed by atoms with Crippen molar-refractivity contribution >= 4 is 17.7 Å². The molecule has 0 aliphatic carbocycles. The topological polar surface area (TPSA) is 26.3 Å². The van der Waals surface area contributed by atoms with E-state index in [1.54, 1.807) is 11.8 Å². The molecule has 3 heteroatoms. The van der Waals surface area contributed by atoms with Crippen molar-refractivity contribution in [2.45, 2.75) is 50.5 Å². The molecule has 15 heavy (non-hydrogen) atoms. The van der Waals surface area contributed by atoms with Gasteiger partial charge in [-0.2, -0.15) is 0 Å². The van der Waals surface area contributed by atoms with E-state index in [0.29, 0.717) is 6.61 Å². The van der Waals surface area contributed by atoms with Gasteiger partial charge in [0, 0.05) is 4.75 Å². The third-order valence-electron chi connectivity index (χ3n) is 2.41. The van der Waals surface area contributed by atoms with E-state index in [9.17, 15) is 4.79 Å². The van der Waals surface area contributed by atoms with Crippen LogP contribution in [0.2, 0.25) is 0 Å². The Bertz CT molecular complexity index is 294. The summed E-state index contributed by atoms with van der Waals surface area (Å²) in [6.45, 7) is 10.6. The van der Waals surface area contributed by atoms with Crippen LogP contribution in [0.3, 0.4) is 0 Å². The summed E-state index contributed by atoms with van der Waals surface area (Å²) in [5.41, 5.74) is 1.27. The second-order valence-electron chi connectivity index (χ2n) is 4.82. The summed E-state index contributed by atoms with van der Waals surface area (Å²) in [6, 6.07) is 0. The first-order chi connectivity index (χ1) is 6.79. The van der Waals surface area contributed by atoms with Crippen LogP contribution in [0, 0.1) is 0 Å². The minimum absolute atomic E-state index is 0.0177. The number of hydrogen-bond acceptors (Lipinski definition) is 3. The first-order valence-corrected chi connectivity index (χ1v) is 6.16. The zero-order valence-corrected chi connectivity index (χ0v) is 11.0. The van der Waals surface area contributed by atoms with Crippen LogP contribution < -0.4 is 0 Å². The maximum Gasteiger partial charge on any atom is 0.322 e. The Labute approximate surface area is 96.5 Å². The van der Waals surface area contributed by atoms with Crippen LogP contribution in [0.1, 0.15) is 41.0 Å². The summed E-state index contributed by atoms with van der Waals surface area (Å²) < 4.78 is 4.74. The summed E-state index contributed by atoms with van der Waals surface area (Å²) in [4.78, 5) is 11.9. The number of thioether (sulfide) groups is 1. The maximum atomic E-state index is 11.9. The number of carbonyl (C=O) groups excluding carboxylic acids is 1. The molecular weight excluding hydrogens is 208 g/mol. The third-order valence-corrected chi connectivity index (χ3v) is 3.81. The SMILES string of the molecule is CCOC(=O)C1(C)CC(C)=CC(C)(C)S1. The molecule has 0 saturated carbocycles. The van der Waals surface area contributed by atoms with Crippen LogP contribution in [-0.2, 0) is 9.53 Å². The lowest BCUT2D eigenvalue weighted by Crippen LogP contribution is -2.40. The molecule has 0 spiro atoms. The van der Waals surface area contributed by atoms with Crippen molar-refractivity contribution in [1.29, 1.82) is 0 Å². The van der Waals surface area contributed by atoms with Crippen molar-refractivity contribution in [1.82, 2.24) is 0 Å². The Hall–Kier alpha value is -0.440. The lowest BCUT2D eigenvalue weighted by molar-refractivity contribution is -0.145. The maximum absolute atomic E-state index is 11.9. The van der Waals surface area contributed by atoms with Gasteiger partial charge in [0.25, 0.3) is 0 Å². The molecule has 1 heterocycles. The van der Waals surface area contributed by atoms with E-state index in [1.807, 2.05) is 13.8 Å². The molecular formula is C12H20O2S. The van der Waals surface area contributed by atoms with Crippen molar-refractivity contribution in [3.63, 3.8) is 0 Å². The fourth-order valence-corrected chi connectivity index (χ4v) is 4.08. The fraction of sp³-hybridized carbons (Fsp3) is 0.750. The van der Waals surface area contributed by atoms with Gasteiger partial charge in [0.05, 0.1) is 6.61 Å². The predicted molar refractivity (Wildman–Crippen MR) is 65.1 cm³/mol. The highest BCUT2D eigenvalue weighted by molar-refractivity contribution is 8.02. The molecule has 0 amide bonds. The van der Waals surface area contributed by atoms with Crippen LogP contribution >= 0.6 is 11.8 Å². The minimum atomic E-state index is -0.418. The Morgan fingerprint density at radius 3 is 2.60 bits per heavy atom. The molecule has 2 nitrogen and oxygen atoms in total. The second kappa shape index (κ2) is 4.20. The van der Waals surface area contributed by atoms with Crippen molar-refractivity contribution in [3.05, 3.63) is 11.6 Å². The zero-order valence-electron chi connectivity index (χ0n) is 10.2. The van der Waals surface area contributed by atoms with Crippen molar-refractivity contribution < 1.29 is 9.53 Å². The highest BCUT2D eigenvalue weighted by Gasteiger charge is 2.43. The van der Waals surface area contributed by atoms with Gasteiger partial charge < -0.3 is 4.74 Å². The zero-order chi connectivity index (χ0) is 11.7. The molecule has 1 unspecified atom stereocenters. The van der Waals surface area contributed by atoms with Crippen molar-refractivity contribution in [3.8, 4) is 0 Å². The Kier molecular flexibility index (Phi) is 3.54. The summed E-state index contributed by atoms with van der Waals surface area (Å²) in [6.07, 6.45) is 3.03. The number of hydrogen-bond donors (Lipinski definition) is 0. The van der Waals surface area contributed by atoms with Gasteiger partial charge in [0.1, 0.15) is 4.75 Å². The smallest absolute Gasteiger partial charge is 0.322 e. The van der Waals surface area contributed by atoms with Crippen molar-refractivity contribution in [2.75, 3.05) is 6.61 Å². The molecule has 1 aliphatic rings. The quantitative estimate of drug-likeness (QED) is 0.536. The Morgan fingerprint density at radius 1 is 1.53 bits per heavy atom. The average molecular weight is 228 g/mol. The van der Waals surface area contributed by atoms with E-state index >= 15 is 0 Å². The normalized spacial score (nSPS) is 29.5. The molecule has 0 N–H and O–H groups in total. The number of allylic oxidation sites excluding steroid dienone is 1. The van der Waals surface area contributed by atoms with Crippen LogP contribution in [0.25, 0.3) is 0 Å². The molecule has 1 rings (SSSR count). The molecule has 0 bridgehead atoms. The van der Waals surface area contributed by atoms with E-state index in [2.05, 4.69) is 26.8 Å².